The van der Waals surface area contributed by atoms with Crippen LogP contribution in [0, 0.1) is 5.82 Å². The van der Waals surface area contributed by atoms with Gasteiger partial charge in [0.05, 0.1) is 6.20 Å². The van der Waals surface area contributed by atoms with Gasteiger partial charge in [-0.05, 0) is 25.6 Å². The Hall–Kier alpha value is -0.960. The number of aromatic nitrogens is 1. The van der Waals surface area contributed by atoms with Gasteiger partial charge in [0.1, 0.15) is 5.82 Å². The lowest BCUT2D eigenvalue weighted by molar-refractivity contribution is 0.485. The number of hydrogen-bond acceptors (Lipinski definition) is 2. The Morgan fingerprint density at radius 3 is 2.64 bits per heavy atom. The molecule has 2 unspecified atom stereocenters. The van der Waals surface area contributed by atoms with Gasteiger partial charge in [-0.25, -0.2) is 4.39 Å². The van der Waals surface area contributed by atoms with Gasteiger partial charge < -0.3 is 5.32 Å². The maximum absolute atomic E-state index is 12.6. The first-order valence-corrected chi connectivity index (χ1v) is 5.00. The summed E-state index contributed by atoms with van der Waals surface area (Å²) in [5.41, 5.74) is 0.930. The van der Waals surface area contributed by atoms with E-state index in [-0.39, 0.29) is 5.82 Å². The second-order valence-electron chi connectivity index (χ2n) is 3.54. The van der Waals surface area contributed by atoms with Gasteiger partial charge >= 0.3 is 0 Å². The molecule has 0 aliphatic heterocycles. The molecule has 0 aliphatic rings. The van der Waals surface area contributed by atoms with E-state index in [1.54, 1.807) is 6.07 Å². The Labute approximate surface area is 84.6 Å². The van der Waals surface area contributed by atoms with Gasteiger partial charge in [0, 0.05) is 17.7 Å². The Bertz CT molecular complexity index is 271. The molecule has 0 saturated carbocycles. The molecule has 0 fully saturated rings. The minimum atomic E-state index is -0.281. The van der Waals surface area contributed by atoms with E-state index in [4.69, 9.17) is 0 Å². The number of pyridine rings is 1. The molecule has 1 rings (SSSR count). The van der Waals surface area contributed by atoms with Crippen LogP contribution in [0.2, 0.25) is 0 Å². The van der Waals surface area contributed by atoms with E-state index in [0.29, 0.717) is 12.0 Å². The molecular formula is C11H17FN2. The van der Waals surface area contributed by atoms with Crippen molar-refractivity contribution in [2.75, 3.05) is 6.54 Å². The Morgan fingerprint density at radius 1 is 1.43 bits per heavy atom. The molecule has 0 amide bonds. The van der Waals surface area contributed by atoms with Gasteiger partial charge in [-0.1, -0.05) is 13.8 Å². The number of likely N-dealkylation sites (N-methyl/N-ethyl adjacent to an activating group) is 1. The zero-order valence-electron chi connectivity index (χ0n) is 8.92. The van der Waals surface area contributed by atoms with Crippen LogP contribution in [0.4, 0.5) is 4.39 Å². The smallest absolute Gasteiger partial charge is 0.141 e. The van der Waals surface area contributed by atoms with Gasteiger partial charge in [0.25, 0.3) is 0 Å². The molecule has 78 valence electrons. The molecule has 1 aromatic rings. The van der Waals surface area contributed by atoms with Crippen molar-refractivity contribution in [3.63, 3.8) is 0 Å². The fourth-order valence-corrected chi connectivity index (χ4v) is 1.41. The van der Waals surface area contributed by atoms with Crippen LogP contribution in [0.3, 0.4) is 0 Å². The second-order valence-corrected chi connectivity index (χ2v) is 3.54. The Balaban J connectivity index is 2.68. The van der Waals surface area contributed by atoms with Gasteiger partial charge in [0.15, 0.2) is 0 Å². The van der Waals surface area contributed by atoms with Gasteiger partial charge in [0.2, 0.25) is 0 Å². The fourth-order valence-electron chi connectivity index (χ4n) is 1.41. The van der Waals surface area contributed by atoms with Crippen molar-refractivity contribution in [3.8, 4) is 0 Å². The van der Waals surface area contributed by atoms with Crippen LogP contribution in [0.15, 0.2) is 18.3 Å². The lowest BCUT2D eigenvalue weighted by Gasteiger charge is -2.19. The topological polar surface area (TPSA) is 24.9 Å². The van der Waals surface area contributed by atoms with Crippen molar-refractivity contribution >= 4 is 0 Å². The first kappa shape index (κ1) is 11.1. The maximum Gasteiger partial charge on any atom is 0.141 e. The van der Waals surface area contributed by atoms with Crippen molar-refractivity contribution in [2.45, 2.75) is 32.7 Å². The number of halogens is 1. The van der Waals surface area contributed by atoms with E-state index in [9.17, 15) is 4.39 Å². The quantitative estimate of drug-likeness (QED) is 0.799. The predicted molar refractivity (Wildman–Crippen MR) is 55.7 cm³/mol. The van der Waals surface area contributed by atoms with Crippen LogP contribution in [0.25, 0.3) is 0 Å². The number of hydrogen-bond donors (Lipinski definition) is 1. The zero-order valence-corrected chi connectivity index (χ0v) is 8.92. The first-order valence-electron chi connectivity index (χ1n) is 5.00. The molecule has 1 heterocycles. The highest BCUT2D eigenvalue weighted by Crippen LogP contribution is 2.16. The molecule has 0 aliphatic carbocycles. The van der Waals surface area contributed by atoms with E-state index in [1.165, 1.54) is 12.3 Å². The maximum atomic E-state index is 12.6. The highest BCUT2D eigenvalue weighted by molar-refractivity contribution is 5.11. The van der Waals surface area contributed by atoms with Crippen LogP contribution in [0.1, 0.15) is 32.4 Å². The molecule has 14 heavy (non-hydrogen) atoms. The van der Waals surface area contributed by atoms with E-state index in [0.717, 1.165) is 12.2 Å². The Morgan fingerprint density at radius 2 is 2.14 bits per heavy atom. The molecular weight excluding hydrogens is 179 g/mol. The molecule has 0 bridgehead atoms. The third-order valence-electron chi connectivity index (χ3n) is 2.49. The van der Waals surface area contributed by atoms with Gasteiger partial charge in [-0.3, -0.25) is 4.98 Å². The summed E-state index contributed by atoms with van der Waals surface area (Å²) in [5, 5.41) is 3.32. The minimum absolute atomic E-state index is 0.281. The third kappa shape index (κ3) is 2.77. The summed E-state index contributed by atoms with van der Waals surface area (Å²) in [6.07, 6.45) is 1.27. The number of nitrogens with zero attached hydrogens (tertiary/aromatic N) is 1. The molecule has 0 radical (unpaired) electrons. The molecule has 0 saturated heterocycles. The number of nitrogens with one attached hydrogen (secondary N) is 1. The van der Waals surface area contributed by atoms with Crippen molar-refractivity contribution in [3.05, 3.63) is 29.8 Å². The minimum Gasteiger partial charge on any atom is -0.314 e. The molecule has 1 aromatic heterocycles. The van der Waals surface area contributed by atoms with Crippen LogP contribution in [0.5, 0.6) is 0 Å². The average Bonchev–Trinajstić information content (AvgIpc) is 2.18. The SMILES string of the molecule is CCNC(C)C(C)c1ccc(F)cn1. The van der Waals surface area contributed by atoms with E-state index >= 15 is 0 Å². The second kappa shape index (κ2) is 5.05. The van der Waals surface area contributed by atoms with Crippen molar-refractivity contribution < 1.29 is 4.39 Å². The molecule has 3 heteroatoms. The van der Waals surface area contributed by atoms with Crippen molar-refractivity contribution in [2.24, 2.45) is 0 Å². The molecule has 1 N–H and O–H groups in total. The summed E-state index contributed by atoms with van der Waals surface area (Å²) in [4.78, 5) is 4.07. The lowest BCUT2D eigenvalue weighted by Crippen LogP contribution is -2.30. The first-order chi connectivity index (χ1) is 6.65. The summed E-state index contributed by atoms with van der Waals surface area (Å²) >= 11 is 0. The monoisotopic (exact) mass is 196 g/mol. The predicted octanol–water partition coefficient (Wildman–Crippen LogP) is 2.32. The van der Waals surface area contributed by atoms with Crippen LogP contribution < -0.4 is 5.32 Å². The lowest BCUT2D eigenvalue weighted by atomic mass is 9.99. The highest BCUT2D eigenvalue weighted by atomic mass is 19.1. The zero-order chi connectivity index (χ0) is 10.6. The van der Waals surface area contributed by atoms with E-state index in [2.05, 4.69) is 31.1 Å². The summed E-state index contributed by atoms with van der Waals surface area (Å²) in [5.74, 6) is 0.0209. The van der Waals surface area contributed by atoms with Crippen LogP contribution >= 0.6 is 0 Å². The standard InChI is InChI=1S/C11H17FN2/c1-4-13-9(3)8(2)11-6-5-10(12)7-14-11/h5-9,13H,4H2,1-3H3. The summed E-state index contributed by atoms with van der Waals surface area (Å²) in [6, 6.07) is 3.56. The summed E-state index contributed by atoms with van der Waals surface area (Å²) in [7, 11) is 0. The molecule has 2 atom stereocenters. The van der Waals surface area contributed by atoms with E-state index < -0.39 is 0 Å². The normalized spacial score (nSPS) is 15.1. The van der Waals surface area contributed by atoms with Gasteiger partial charge in [-0.2, -0.15) is 0 Å². The van der Waals surface area contributed by atoms with Crippen molar-refractivity contribution in [1.29, 1.82) is 0 Å². The fraction of sp³-hybridized carbons (Fsp3) is 0.545. The Kier molecular flexibility index (Phi) is 4.01. The van der Waals surface area contributed by atoms with Crippen LogP contribution in [-0.4, -0.2) is 17.6 Å². The van der Waals surface area contributed by atoms with Crippen molar-refractivity contribution in [1.82, 2.24) is 10.3 Å². The molecule has 2 nitrogen and oxygen atoms in total. The summed E-state index contributed by atoms with van der Waals surface area (Å²) in [6.45, 7) is 7.21. The number of rotatable bonds is 4. The average molecular weight is 196 g/mol. The third-order valence-corrected chi connectivity index (χ3v) is 2.49. The summed E-state index contributed by atoms with van der Waals surface area (Å²) < 4.78 is 12.6. The molecule has 0 aromatic carbocycles. The largest absolute Gasteiger partial charge is 0.314 e. The molecule has 0 spiro atoms. The van der Waals surface area contributed by atoms with Gasteiger partial charge in [-0.15, -0.1) is 0 Å². The highest BCUT2D eigenvalue weighted by Gasteiger charge is 2.13. The van der Waals surface area contributed by atoms with Crippen LogP contribution in [-0.2, 0) is 0 Å². The van der Waals surface area contributed by atoms with E-state index in [1.807, 2.05) is 0 Å².